The Bertz CT molecular complexity index is 1260. The molecule has 0 aromatic heterocycles. The van der Waals surface area contributed by atoms with E-state index >= 15 is 0 Å². The fourth-order valence-corrected chi connectivity index (χ4v) is 5.65. The number of amides is 1. The summed E-state index contributed by atoms with van der Waals surface area (Å²) in [5.41, 5.74) is 3.98. The van der Waals surface area contributed by atoms with Crippen LogP contribution in [0.25, 0.3) is 0 Å². The lowest BCUT2D eigenvalue weighted by atomic mass is 9.73. The number of aliphatic hydroxyl groups excluding tert-OH is 1. The summed E-state index contributed by atoms with van der Waals surface area (Å²) in [7, 11) is 0. The summed E-state index contributed by atoms with van der Waals surface area (Å²) in [4.78, 5) is 13.2. The van der Waals surface area contributed by atoms with Crippen molar-refractivity contribution in [1.82, 2.24) is 5.32 Å². The van der Waals surface area contributed by atoms with Gasteiger partial charge in [0.25, 0.3) is 5.91 Å². The van der Waals surface area contributed by atoms with Crippen LogP contribution in [0.5, 0.6) is 0 Å². The fraction of sp³-hybridized carbons (Fsp3) is 0.375. The van der Waals surface area contributed by atoms with E-state index in [9.17, 15) is 10.1 Å². The Morgan fingerprint density at radius 3 is 2.45 bits per heavy atom. The summed E-state index contributed by atoms with van der Waals surface area (Å²) in [6.07, 6.45) is 14.1. The van der Waals surface area contributed by atoms with Crippen LogP contribution in [0.4, 0.5) is 0 Å². The topological polar surface area (TPSA) is 93.4 Å². The van der Waals surface area contributed by atoms with E-state index in [2.05, 4.69) is 36.2 Å². The van der Waals surface area contributed by atoms with E-state index in [-0.39, 0.29) is 30.7 Å². The van der Waals surface area contributed by atoms with E-state index < -0.39 is 6.29 Å². The van der Waals surface area contributed by atoms with Crippen LogP contribution in [0.1, 0.15) is 74.2 Å². The maximum absolute atomic E-state index is 12.5. The van der Waals surface area contributed by atoms with Crippen LogP contribution in [-0.2, 0) is 0 Å². The molecule has 0 bridgehead atoms. The van der Waals surface area contributed by atoms with Crippen LogP contribution < -0.4 is 5.32 Å². The molecule has 0 heterocycles. The normalized spacial score (nSPS) is 15.7. The number of carbonyl (C=O) groups excluding carboxylic acids is 1. The predicted octanol–water partition coefficient (Wildman–Crippen LogP) is 7.65. The van der Waals surface area contributed by atoms with Crippen molar-refractivity contribution in [2.45, 2.75) is 64.6 Å². The number of hydrogen-bond acceptors (Lipinski definition) is 5. The van der Waals surface area contributed by atoms with Crippen molar-refractivity contribution in [3.05, 3.63) is 91.9 Å². The van der Waals surface area contributed by atoms with Crippen LogP contribution in [0, 0.1) is 28.9 Å². The lowest BCUT2D eigenvalue weighted by Crippen LogP contribution is -2.27. The second-order valence-electron chi connectivity index (χ2n) is 9.60. The fourth-order valence-electron chi connectivity index (χ4n) is 4.80. The highest BCUT2D eigenvalue weighted by Gasteiger charge is 2.29. The Morgan fingerprint density at radius 1 is 1.23 bits per heavy atom. The Balaban J connectivity index is 2.57. The molecule has 3 N–H and O–H groups in total. The van der Waals surface area contributed by atoms with Gasteiger partial charge in [-0.3, -0.25) is 4.79 Å². The standard InChI is InChI=1S/C32H36Cl2N2O3S/c1-5-7-28(23-8-10-25(11-9-23)32(39)36-17-16-30(37)38)29(24-12-14-27(34)15-13-24)19-26(18-22(4)33)31(40-6-2)21(3)20-35/h2,8-12,14,18,28-30,37-38H,3,5,7,13,15-17,19H2,1,4H3,(H,36,39). The molecule has 1 aromatic carbocycles. The van der Waals surface area contributed by atoms with Gasteiger partial charge >= 0.3 is 0 Å². The average molecular weight is 600 g/mol. The van der Waals surface area contributed by atoms with E-state index in [0.29, 0.717) is 27.5 Å². The number of nitrogens with zero attached hydrogens (tertiary/aromatic N) is 1. The van der Waals surface area contributed by atoms with Gasteiger partial charge in [0, 0.05) is 33.5 Å². The summed E-state index contributed by atoms with van der Waals surface area (Å²) >= 11 is 13.8. The van der Waals surface area contributed by atoms with Gasteiger partial charge in [-0.1, -0.05) is 66.9 Å². The van der Waals surface area contributed by atoms with Crippen molar-refractivity contribution < 1.29 is 15.0 Å². The lowest BCUT2D eigenvalue weighted by molar-refractivity contribution is -0.0440. The zero-order chi connectivity index (χ0) is 29.7. The van der Waals surface area contributed by atoms with Gasteiger partial charge in [0.1, 0.15) is 0 Å². The Labute approximate surface area is 252 Å². The first-order valence-electron chi connectivity index (χ1n) is 13.2. The maximum Gasteiger partial charge on any atom is 0.251 e. The third-order valence-electron chi connectivity index (χ3n) is 6.66. The van der Waals surface area contributed by atoms with Gasteiger partial charge in [0.15, 0.2) is 6.29 Å². The van der Waals surface area contributed by atoms with Crippen LogP contribution in [-0.4, -0.2) is 29.0 Å². The Hall–Kier alpha value is -2.71. The number of carbonyl (C=O) groups is 1. The Kier molecular flexibility index (Phi) is 14.4. The minimum atomic E-state index is -1.46. The van der Waals surface area contributed by atoms with E-state index in [1.165, 1.54) is 5.57 Å². The second-order valence-corrected chi connectivity index (χ2v) is 11.5. The molecule has 8 heteroatoms. The SMILES string of the molecule is C#CSC(C(=C)C#N)=C(C=C(C)Cl)CC(C1=CC=C(Cl)CC1)C(CCC)c1ccc(C(=O)NCCC(O)O)cc1. The molecule has 2 atom stereocenters. The van der Waals surface area contributed by atoms with Crippen LogP contribution in [0.2, 0.25) is 0 Å². The highest BCUT2D eigenvalue weighted by molar-refractivity contribution is 8.07. The van der Waals surface area contributed by atoms with E-state index in [1.807, 2.05) is 24.3 Å². The van der Waals surface area contributed by atoms with E-state index in [0.717, 1.165) is 53.6 Å². The molecule has 0 saturated carbocycles. The number of benzene rings is 1. The number of halogens is 2. The highest BCUT2D eigenvalue weighted by Crippen LogP contribution is 2.44. The monoisotopic (exact) mass is 598 g/mol. The van der Waals surface area contributed by atoms with Gasteiger partial charge in [-0.25, -0.2) is 0 Å². The molecule has 40 heavy (non-hydrogen) atoms. The number of thioether (sulfide) groups is 1. The third-order valence-corrected chi connectivity index (χ3v) is 7.91. The van der Waals surface area contributed by atoms with Crippen molar-refractivity contribution >= 4 is 40.9 Å². The molecular formula is C32H36Cl2N2O3S. The zero-order valence-electron chi connectivity index (χ0n) is 22.9. The first-order chi connectivity index (χ1) is 19.1. The first-order valence-corrected chi connectivity index (χ1v) is 14.8. The van der Waals surface area contributed by atoms with Crippen molar-refractivity contribution in [3.8, 4) is 17.7 Å². The van der Waals surface area contributed by atoms with Crippen molar-refractivity contribution in [1.29, 1.82) is 5.26 Å². The molecule has 0 spiro atoms. The lowest BCUT2D eigenvalue weighted by Gasteiger charge is -2.32. The minimum absolute atomic E-state index is 0.0498. The number of rotatable bonds is 14. The van der Waals surface area contributed by atoms with Crippen molar-refractivity contribution in [2.24, 2.45) is 5.92 Å². The molecule has 1 amide bonds. The first kappa shape index (κ1) is 33.5. The van der Waals surface area contributed by atoms with Gasteiger partial charge < -0.3 is 15.5 Å². The van der Waals surface area contributed by atoms with Gasteiger partial charge in [-0.15, -0.1) is 6.42 Å². The largest absolute Gasteiger partial charge is 0.368 e. The Morgan fingerprint density at radius 2 is 1.93 bits per heavy atom. The molecule has 212 valence electrons. The molecule has 0 fully saturated rings. The van der Waals surface area contributed by atoms with Crippen molar-refractivity contribution in [3.63, 3.8) is 0 Å². The van der Waals surface area contributed by atoms with Crippen molar-refractivity contribution in [2.75, 3.05) is 6.54 Å². The molecular weight excluding hydrogens is 563 g/mol. The van der Waals surface area contributed by atoms with Gasteiger partial charge in [0.2, 0.25) is 0 Å². The summed E-state index contributed by atoms with van der Waals surface area (Å²) in [5.74, 6) is -0.118. The van der Waals surface area contributed by atoms with Crippen LogP contribution in [0.15, 0.2) is 80.8 Å². The molecule has 0 radical (unpaired) electrons. The number of hydrogen-bond donors (Lipinski definition) is 3. The quantitative estimate of drug-likeness (QED) is 0.0884. The van der Waals surface area contributed by atoms with Gasteiger partial charge in [-0.2, -0.15) is 5.26 Å². The summed E-state index contributed by atoms with van der Waals surface area (Å²) in [6, 6.07) is 9.68. The molecule has 2 unspecified atom stereocenters. The minimum Gasteiger partial charge on any atom is -0.368 e. The maximum atomic E-state index is 12.5. The number of nitriles is 1. The van der Waals surface area contributed by atoms with E-state index in [1.54, 1.807) is 19.1 Å². The van der Waals surface area contributed by atoms with Gasteiger partial charge in [-0.05, 0) is 96.9 Å². The molecule has 1 aromatic rings. The predicted molar refractivity (Wildman–Crippen MR) is 166 cm³/mol. The highest BCUT2D eigenvalue weighted by atomic mass is 35.5. The molecule has 2 rings (SSSR count). The summed E-state index contributed by atoms with van der Waals surface area (Å²) < 4.78 is 0. The number of allylic oxidation sites excluding steroid dienone is 8. The third kappa shape index (κ3) is 10.4. The zero-order valence-corrected chi connectivity index (χ0v) is 25.3. The summed E-state index contributed by atoms with van der Waals surface area (Å²) in [5, 5.41) is 34.4. The average Bonchev–Trinajstić information content (AvgIpc) is 2.93. The van der Waals surface area contributed by atoms with E-state index in [4.69, 9.17) is 39.8 Å². The summed E-state index contributed by atoms with van der Waals surface area (Å²) in [6.45, 7) is 8.03. The smallest absolute Gasteiger partial charge is 0.251 e. The van der Waals surface area contributed by atoms with Crippen LogP contribution >= 0.6 is 35.0 Å². The molecule has 1 aliphatic rings. The molecule has 1 aliphatic carbocycles. The molecule has 0 aliphatic heterocycles. The van der Waals surface area contributed by atoms with Gasteiger partial charge in [0.05, 0.1) is 11.6 Å². The molecule has 0 saturated heterocycles. The number of terminal acetylenes is 1. The number of nitrogens with one attached hydrogen (secondary N) is 1. The number of aliphatic hydroxyl groups is 2. The molecule has 5 nitrogen and oxygen atoms in total. The van der Waals surface area contributed by atoms with Crippen LogP contribution in [0.3, 0.4) is 0 Å². The second kappa shape index (κ2) is 17.2.